The lowest BCUT2D eigenvalue weighted by Gasteiger charge is -2.00. The Labute approximate surface area is 90.0 Å². The summed E-state index contributed by atoms with van der Waals surface area (Å²) in [4.78, 5) is 7.04. The normalized spacial score (nSPS) is 10.1. The highest BCUT2D eigenvalue weighted by Crippen LogP contribution is 2.05. The van der Waals surface area contributed by atoms with Gasteiger partial charge in [-0.3, -0.25) is 4.98 Å². The fourth-order valence-corrected chi connectivity index (χ4v) is 1.63. The summed E-state index contributed by atoms with van der Waals surface area (Å²) in [6.07, 6.45) is 11.1. The van der Waals surface area contributed by atoms with Crippen LogP contribution in [0, 0.1) is 0 Å². The van der Waals surface area contributed by atoms with Gasteiger partial charge >= 0.3 is 0 Å². The fraction of sp³-hybridized carbons (Fsp3) is 0.231. The van der Waals surface area contributed by atoms with Crippen LogP contribution in [-0.2, 0) is 12.8 Å². The van der Waals surface area contributed by atoms with Gasteiger partial charge in [-0.15, -0.1) is 0 Å². The van der Waals surface area contributed by atoms with Gasteiger partial charge in [-0.1, -0.05) is 0 Å². The summed E-state index contributed by atoms with van der Waals surface area (Å²) in [5.74, 6) is 0. The van der Waals surface area contributed by atoms with Crippen molar-refractivity contribution in [3.05, 3.63) is 60.2 Å². The summed E-state index contributed by atoms with van der Waals surface area (Å²) in [5, 5.41) is 0. The number of hydrogen-bond acceptors (Lipinski definition) is 1. The quantitative estimate of drug-likeness (QED) is 0.740. The number of H-pyrrole nitrogens is 1. The lowest BCUT2D eigenvalue weighted by molar-refractivity contribution is -0.378. The van der Waals surface area contributed by atoms with Crippen LogP contribution in [0.1, 0.15) is 17.5 Å². The average molecular weight is 199 g/mol. The topological polar surface area (TPSA) is 27.0 Å². The SMILES string of the molecule is c1cc(CCCc2cc[nH+]cc2)ccn1. The zero-order chi connectivity index (χ0) is 10.3. The van der Waals surface area contributed by atoms with E-state index in [0.717, 1.165) is 12.8 Å². The number of pyridine rings is 2. The first kappa shape index (κ1) is 9.84. The first-order valence-electron chi connectivity index (χ1n) is 5.29. The molecule has 0 radical (unpaired) electrons. The third-order valence-electron chi connectivity index (χ3n) is 2.47. The van der Waals surface area contributed by atoms with E-state index in [2.05, 4.69) is 34.2 Å². The maximum Gasteiger partial charge on any atom is 0.167 e. The molecule has 2 aromatic rings. The Hall–Kier alpha value is -1.70. The Balaban J connectivity index is 1.81. The van der Waals surface area contributed by atoms with Crippen molar-refractivity contribution < 1.29 is 4.98 Å². The third kappa shape index (κ3) is 3.17. The zero-order valence-corrected chi connectivity index (χ0v) is 8.69. The average Bonchev–Trinajstić information content (AvgIpc) is 2.32. The van der Waals surface area contributed by atoms with Crippen LogP contribution in [-0.4, -0.2) is 4.98 Å². The minimum atomic E-state index is 1.13. The molecular formula is C13H15N2+. The second-order valence-corrected chi connectivity index (χ2v) is 3.62. The molecule has 0 unspecified atom stereocenters. The minimum Gasteiger partial charge on any atom is -0.265 e. The molecule has 0 atom stereocenters. The van der Waals surface area contributed by atoms with E-state index < -0.39 is 0 Å². The van der Waals surface area contributed by atoms with Gasteiger partial charge in [-0.2, -0.15) is 0 Å². The van der Waals surface area contributed by atoms with Crippen LogP contribution in [0.5, 0.6) is 0 Å². The fourth-order valence-electron chi connectivity index (χ4n) is 1.63. The molecule has 2 heteroatoms. The van der Waals surface area contributed by atoms with Gasteiger partial charge in [0.2, 0.25) is 0 Å². The van der Waals surface area contributed by atoms with Gasteiger partial charge in [-0.05, 0) is 42.5 Å². The maximum absolute atomic E-state index is 4.01. The van der Waals surface area contributed by atoms with Crippen molar-refractivity contribution in [1.82, 2.24) is 4.98 Å². The predicted octanol–water partition coefficient (Wildman–Crippen LogP) is 2.07. The van der Waals surface area contributed by atoms with E-state index in [1.807, 2.05) is 24.8 Å². The summed E-state index contributed by atoms with van der Waals surface area (Å²) >= 11 is 0. The largest absolute Gasteiger partial charge is 0.265 e. The zero-order valence-electron chi connectivity index (χ0n) is 8.69. The Morgan fingerprint density at radius 1 is 0.867 bits per heavy atom. The standard InChI is InChI=1S/C13H14N2/c1(2-12-4-8-14-9-5-12)3-13-6-10-15-11-7-13/h4-11H,1-3H2/p+1. The Morgan fingerprint density at radius 2 is 1.47 bits per heavy atom. The summed E-state index contributed by atoms with van der Waals surface area (Å²) in [7, 11) is 0. The molecule has 0 fully saturated rings. The molecular weight excluding hydrogens is 184 g/mol. The van der Waals surface area contributed by atoms with Crippen molar-refractivity contribution in [3.63, 3.8) is 0 Å². The molecule has 15 heavy (non-hydrogen) atoms. The van der Waals surface area contributed by atoms with Crippen LogP contribution in [0.25, 0.3) is 0 Å². The van der Waals surface area contributed by atoms with Gasteiger partial charge in [0.25, 0.3) is 0 Å². The molecule has 0 aliphatic heterocycles. The van der Waals surface area contributed by atoms with Crippen molar-refractivity contribution in [2.75, 3.05) is 0 Å². The molecule has 0 spiro atoms. The van der Waals surface area contributed by atoms with E-state index in [4.69, 9.17) is 0 Å². The second-order valence-electron chi connectivity index (χ2n) is 3.62. The maximum atomic E-state index is 4.01. The Morgan fingerprint density at radius 3 is 2.13 bits per heavy atom. The number of hydrogen-bond donors (Lipinski definition) is 0. The van der Waals surface area contributed by atoms with E-state index in [-0.39, 0.29) is 0 Å². The van der Waals surface area contributed by atoms with Crippen LogP contribution in [0.2, 0.25) is 0 Å². The number of nitrogens with zero attached hydrogens (tertiary/aromatic N) is 1. The summed E-state index contributed by atoms with van der Waals surface area (Å²) in [6.45, 7) is 0. The Kier molecular flexibility index (Phi) is 3.44. The van der Waals surface area contributed by atoms with Crippen molar-refractivity contribution in [3.8, 4) is 0 Å². The molecule has 0 saturated heterocycles. The van der Waals surface area contributed by atoms with Crippen LogP contribution < -0.4 is 4.98 Å². The van der Waals surface area contributed by atoms with E-state index >= 15 is 0 Å². The molecule has 0 aliphatic rings. The Bertz CT molecular complexity index is 344. The highest BCUT2D eigenvalue weighted by molar-refractivity contribution is 5.11. The number of aromatic nitrogens is 2. The molecule has 0 aromatic carbocycles. The van der Waals surface area contributed by atoms with Crippen LogP contribution in [0.4, 0.5) is 0 Å². The number of rotatable bonds is 4. The molecule has 0 bridgehead atoms. The smallest absolute Gasteiger partial charge is 0.167 e. The van der Waals surface area contributed by atoms with Gasteiger partial charge in [0.15, 0.2) is 12.4 Å². The predicted molar refractivity (Wildman–Crippen MR) is 59.3 cm³/mol. The van der Waals surface area contributed by atoms with Crippen LogP contribution >= 0.6 is 0 Å². The molecule has 0 aliphatic carbocycles. The van der Waals surface area contributed by atoms with Crippen LogP contribution in [0.3, 0.4) is 0 Å². The van der Waals surface area contributed by atoms with Crippen LogP contribution in [0.15, 0.2) is 49.1 Å². The van der Waals surface area contributed by atoms with E-state index in [1.54, 1.807) is 0 Å². The molecule has 2 rings (SSSR count). The highest BCUT2D eigenvalue weighted by atomic mass is 14.6. The van der Waals surface area contributed by atoms with Crippen molar-refractivity contribution in [1.29, 1.82) is 0 Å². The number of aryl methyl sites for hydroxylation is 2. The summed E-state index contributed by atoms with van der Waals surface area (Å²) in [5.41, 5.74) is 2.76. The van der Waals surface area contributed by atoms with E-state index in [0.29, 0.717) is 0 Å². The van der Waals surface area contributed by atoms with Gasteiger partial charge in [0.1, 0.15) is 0 Å². The van der Waals surface area contributed by atoms with Gasteiger partial charge in [-0.25, -0.2) is 4.98 Å². The van der Waals surface area contributed by atoms with Crippen molar-refractivity contribution >= 4 is 0 Å². The molecule has 2 aromatic heterocycles. The van der Waals surface area contributed by atoms with Gasteiger partial charge in [0, 0.05) is 24.5 Å². The lowest BCUT2D eigenvalue weighted by atomic mass is 10.1. The van der Waals surface area contributed by atoms with Gasteiger partial charge in [0.05, 0.1) is 0 Å². The molecule has 2 nitrogen and oxygen atoms in total. The molecule has 2 heterocycles. The highest BCUT2D eigenvalue weighted by Gasteiger charge is 1.95. The van der Waals surface area contributed by atoms with Crippen molar-refractivity contribution in [2.24, 2.45) is 0 Å². The third-order valence-corrected chi connectivity index (χ3v) is 2.47. The second kappa shape index (κ2) is 5.25. The monoisotopic (exact) mass is 199 g/mol. The number of nitrogens with one attached hydrogen (secondary N) is 1. The van der Waals surface area contributed by atoms with E-state index in [1.165, 1.54) is 17.5 Å². The minimum absolute atomic E-state index is 1.13. The van der Waals surface area contributed by atoms with E-state index in [9.17, 15) is 0 Å². The van der Waals surface area contributed by atoms with Crippen molar-refractivity contribution in [2.45, 2.75) is 19.3 Å². The molecule has 1 N–H and O–H groups in total. The number of aromatic amines is 1. The molecule has 0 saturated carbocycles. The summed E-state index contributed by atoms with van der Waals surface area (Å²) in [6, 6.07) is 8.43. The molecule has 0 amide bonds. The van der Waals surface area contributed by atoms with Gasteiger partial charge < -0.3 is 0 Å². The first-order chi connectivity index (χ1) is 7.45. The molecule has 76 valence electrons. The first-order valence-corrected chi connectivity index (χ1v) is 5.29. The summed E-state index contributed by atoms with van der Waals surface area (Å²) < 4.78 is 0. The lowest BCUT2D eigenvalue weighted by Crippen LogP contribution is -1.99.